The van der Waals surface area contributed by atoms with Crippen molar-refractivity contribution in [3.05, 3.63) is 0 Å². The Bertz CT molecular complexity index is 212. The SMILES string of the molecule is C[C@@H]1N[C@H](C(C)(C)C)NC(=O)[C@@H]1F. The molecular formula is C9H17FN2O. The Morgan fingerprint density at radius 3 is 2.31 bits per heavy atom. The van der Waals surface area contributed by atoms with Gasteiger partial charge in [0.05, 0.1) is 6.17 Å². The van der Waals surface area contributed by atoms with Crippen molar-refractivity contribution >= 4 is 5.91 Å². The number of hydrogen-bond donors (Lipinski definition) is 2. The summed E-state index contributed by atoms with van der Waals surface area (Å²) in [5, 5.41) is 5.64. The highest BCUT2D eigenvalue weighted by Crippen LogP contribution is 2.21. The minimum absolute atomic E-state index is 0.0932. The normalized spacial score (nSPS) is 35.8. The quantitative estimate of drug-likeness (QED) is 0.590. The topological polar surface area (TPSA) is 41.1 Å². The summed E-state index contributed by atoms with van der Waals surface area (Å²) in [5.41, 5.74) is -0.0932. The van der Waals surface area contributed by atoms with Gasteiger partial charge in [-0.3, -0.25) is 10.1 Å². The monoisotopic (exact) mass is 188 g/mol. The Morgan fingerprint density at radius 1 is 1.38 bits per heavy atom. The van der Waals surface area contributed by atoms with Crippen LogP contribution >= 0.6 is 0 Å². The number of nitrogens with one attached hydrogen (secondary N) is 2. The molecule has 0 aliphatic carbocycles. The summed E-state index contributed by atoms with van der Waals surface area (Å²) in [5.74, 6) is -0.508. The third-order valence-corrected chi connectivity index (χ3v) is 2.27. The lowest BCUT2D eigenvalue weighted by molar-refractivity contribution is -0.132. The van der Waals surface area contributed by atoms with Crippen molar-refractivity contribution in [1.82, 2.24) is 10.6 Å². The lowest BCUT2D eigenvalue weighted by Crippen LogP contribution is -2.65. The summed E-state index contributed by atoms with van der Waals surface area (Å²) in [6.45, 7) is 7.67. The zero-order chi connectivity index (χ0) is 10.2. The van der Waals surface area contributed by atoms with Gasteiger partial charge >= 0.3 is 0 Å². The second-order valence-electron chi connectivity index (χ2n) is 4.66. The molecule has 1 aliphatic rings. The van der Waals surface area contributed by atoms with Crippen LogP contribution < -0.4 is 10.6 Å². The van der Waals surface area contributed by atoms with Crippen LogP contribution in [0.3, 0.4) is 0 Å². The summed E-state index contributed by atoms with van der Waals surface area (Å²) in [6.07, 6.45) is -1.58. The Kier molecular flexibility index (Phi) is 2.61. The van der Waals surface area contributed by atoms with E-state index in [1.165, 1.54) is 0 Å². The lowest BCUT2D eigenvalue weighted by atomic mass is 9.89. The number of alkyl halides is 1. The minimum atomic E-state index is -1.43. The lowest BCUT2D eigenvalue weighted by Gasteiger charge is -2.39. The Balaban J connectivity index is 2.69. The first kappa shape index (κ1) is 10.4. The van der Waals surface area contributed by atoms with Crippen molar-refractivity contribution < 1.29 is 9.18 Å². The smallest absolute Gasteiger partial charge is 0.257 e. The van der Waals surface area contributed by atoms with E-state index in [9.17, 15) is 9.18 Å². The number of carbonyl (C=O) groups is 1. The predicted octanol–water partition coefficient (Wildman–Crippen LogP) is 0.805. The molecule has 76 valence electrons. The molecular weight excluding hydrogens is 171 g/mol. The average molecular weight is 188 g/mol. The highest BCUT2D eigenvalue weighted by atomic mass is 19.1. The van der Waals surface area contributed by atoms with Crippen molar-refractivity contribution in [3.63, 3.8) is 0 Å². The molecule has 1 rings (SSSR count). The van der Waals surface area contributed by atoms with Gasteiger partial charge in [-0.05, 0) is 12.3 Å². The molecule has 3 atom stereocenters. The van der Waals surface area contributed by atoms with E-state index in [-0.39, 0.29) is 11.6 Å². The van der Waals surface area contributed by atoms with Gasteiger partial charge in [-0.2, -0.15) is 0 Å². The van der Waals surface area contributed by atoms with Gasteiger partial charge in [-0.25, -0.2) is 4.39 Å². The van der Waals surface area contributed by atoms with Crippen LogP contribution in [0.25, 0.3) is 0 Å². The molecule has 0 aromatic carbocycles. The maximum atomic E-state index is 13.1. The van der Waals surface area contributed by atoms with Crippen molar-refractivity contribution in [2.45, 2.75) is 46.1 Å². The van der Waals surface area contributed by atoms with Gasteiger partial charge in [0, 0.05) is 6.04 Å². The molecule has 1 fully saturated rings. The van der Waals surface area contributed by atoms with Crippen molar-refractivity contribution in [2.75, 3.05) is 0 Å². The van der Waals surface area contributed by atoms with Crippen molar-refractivity contribution in [1.29, 1.82) is 0 Å². The van der Waals surface area contributed by atoms with Gasteiger partial charge in [0.15, 0.2) is 6.17 Å². The number of carbonyl (C=O) groups excluding carboxylic acids is 1. The number of amides is 1. The molecule has 1 amide bonds. The largest absolute Gasteiger partial charge is 0.338 e. The van der Waals surface area contributed by atoms with Crippen LogP contribution in [0.5, 0.6) is 0 Å². The van der Waals surface area contributed by atoms with E-state index in [1.54, 1.807) is 6.92 Å². The highest BCUT2D eigenvalue weighted by Gasteiger charge is 2.38. The van der Waals surface area contributed by atoms with Crippen molar-refractivity contribution in [2.24, 2.45) is 5.41 Å². The van der Waals surface area contributed by atoms with E-state index in [4.69, 9.17) is 0 Å². The average Bonchev–Trinajstić information content (AvgIpc) is 1.97. The Labute approximate surface area is 78.1 Å². The molecule has 3 nitrogen and oxygen atoms in total. The maximum Gasteiger partial charge on any atom is 0.257 e. The van der Waals surface area contributed by atoms with E-state index in [0.29, 0.717) is 0 Å². The summed E-state index contributed by atoms with van der Waals surface area (Å²) in [4.78, 5) is 11.1. The molecule has 1 aliphatic heterocycles. The first-order chi connectivity index (χ1) is 5.82. The van der Waals surface area contributed by atoms with Gasteiger partial charge in [0.2, 0.25) is 0 Å². The number of rotatable bonds is 0. The first-order valence-electron chi connectivity index (χ1n) is 4.53. The van der Waals surface area contributed by atoms with E-state index in [0.717, 1.165) is 0 Å². The van der Waals surface area contributed by atoms with E-state index in [1.807, 2.05) is 20.8 Å². The minimum Gasteiger partial charge on any atom is -0.338 e. The van der Waals surface area contributed by atoms with Crippen LogP contribution in [0.1, 0.15) is 27.7 Å². The van der Waals surface area contributed by atoms with Crippen LogP contribution in [-0.4, -0.2) is 24.3 Å². The predicted molar refractivity (Wildman–Crippen MR) is 48.9 cm³/mol. The molecule has 4 heteroatoms. The molecule has 0 radical (unpaired) electrons. The summed E-state index contributed by atoms with van der Waals surface area (Å²) in [6, 6.07) is -0.405. The fraction of sp³-hybridized carbons (Fsp3) is 0.889. The zero-order valence-corrected chi connectivity index (χ0v) is 8.52. The van der Waals surface area contributed by atoms with Gasteiger partial charge in [-0.15, -0.1) is 0 Å². The molecule has 0 unspecified atom stereocenters. The van der Waals surface area contributed by atoms with E-state index >= 15 is 0 Å². The van der Waals surface area contributed by atoms with Gasteiger partial charge < -0.3 is 5.32 Å². The fourth-order valence-corrected chi connectivity index (χ4v) is 1.30. The van der Waals surface area contributed by atoms with Gasteiger partial charge in [0.25, 0.3) is 5.91 Å². The van der Waals surface area contributed by atoms with E-state index < -0.39 is 18.1 Å². The summed E-state index contributed by atoms with van der Waals surface area (Å²) >= 11 is 0. The van der Waals surface area contributed by atoms with Crippen LogP contribution in [0, 0.1) is 5.41 Å². The first-order valence-corrected chi connectivity index (χ1v) is 4.53. The van der Waals surface area contributed by atoms with Crippen LogP contribution in [-0.2, 0) is 4.79 Å². The molecule has 0 aromatic heterocycles. The molecule has 0 bridgehead atoms. The maximum absolute atomic E-state index is 13.1. The molecule has 1 saturated heterocycles. The second-order valence-corrected chi connectivity index (χ2v) is 4.66. The van der Waals surface area contributed by atoms with Crippen LogP contribution in [0.15, 0.2) is 0 Å². The molecule has 13 heavy (non-hydrogen) atoms. The highest BCUT2D eigenvalue weighted by molar-refractivity contribution is 5.82. The fourth-order valence-electron chi connectivity index (χ4n) is 1.30. The number of halogens is 1. The standard InChI is InChI=1S/C9H17FN2O/c1-5-6(10)7(13)12-8(11-5)9(2,3)4/h5-6,8,11H,1-4H3,(H,12,13)/t5-,6+,8-/m0/s1. The molecule has 0 saturated carbocycles. The number of hydrogen-bond acceptors (Lipinski definition) is 2. The van der Waals surface area contributed by atoms with Crippen LogP contribution in [0.2, 0.25) is 0 Å². The second kappa shape index (κ2) is 3.25. The van der Waals surface area contributed by atoms with Gasteiger partial charge in [-0.1, -0.05) is 20.8 Å². The van der Waals surface area contributed by atoms with Crippen molar-refractivity contribution in [3.8, 4) is 0 Å². The van der Waals surface area contributed by atoms with Gasteiger partial charge in [0.1, 0.15) is 0 Å². The molecule has 0 aromatic rings. The van der Waals surface area contributed by atoms with E-state index in [2.05, 4.69) is 10.6 Å². The third-order valence-electron chi connectivity index (χ3n) is 2.27. The third kappa shape index (κ3) is 2.18. The van der Waals surface area contributed by atoms with Crippen LogP contribution in [0.4, 0.5) is 4.39 Å². The molecule has 0 spiro atoms. The molecule has 2 N–H and O–H groups in total. The Morgan fingerprint density at radius 2 is 1.92 bits per heavy atom. The Hall–Kier alpha value is -0.640. The summed E-state index contributed by atoms with van der Waals surface area (Å²) in [7, 11) is 0. The molecule has 1 heterocycles. The summed E-state index contributed by atoms with van der Waals surface area (Å²) < 4.78 is 13.1. The zero-order valence-electron chi connectivity index (χ0n) is 8.52.